The molecule has 3 N–H and O–H groups in total. The van der Waals surface area contributed by atoms with Gasteiger partial charge in [0.1, 0.15) is 0 Å². The Morgan fingerprint density at radius 3 is 2.56 bits per heavy atom. The van der Waals surface area contributed by atoms with Crippen LogP contribution in [0.5, 0.6) is 0 Å². The summed E-state index contributed by atoms with van der Waals surface area (Å²) in [7, 11) is 0. The molecule has 1 unspecified atom stereocenters. The van der Waals surface area contributed by atoms with Gasteiger partial charge in [0.2, 0.25) is 5.91 Å². The molecular formula is C12H21NO5. The SMILES string of the molecule is CC1C[C@H](C(=O)NCCOCCO)[C@H](C(=O)O)C1. The number of ether oxygens (including phenoxy) is 1. The molecule has 0 heterocycles. The van der Waals surface area contributed by atoms with Crippen molar-refractivity contribution >= 4 is 11.9 Å². The molecule has 0 radical (unpaired) electrons. The molecule has 1 aliphatic carbocycles. The van der Waals surface area contributed by atoms with E-state index in [1.807, 2.05) is 6.92 Å². The average molecular weight is 259 g/mol. The highest BCUT2D eigenvalue weighted by molar-refractivity contribution is 5.85. The second-order valence-corrected chi connectivity index (χ2v) is 4.75. The van der Waals surface area contributed by atoms with E-state index in [4.69, 9.17) is 14.9 Å². The third-order valence-corrected chi connectivity index (χ3v) is 3.23. The molecule has 6 nitrogen and oxygen atoms in total. The van der Waals surface area contributed by atoms with Crippen LogP contribution in [0.4, 0.5) is 0 Å². The highest BCUT2D eigenvalue weighted by Gasteiger charge is 2.40. The maximum absolute atomic E-state index is 11.9. The minimum atomic E-state index is -0.893. The Kier molecular flexibility index (Phi) is 6.07. The van der Waals surface area contributed by atoms with Gasteiger partial charge in [-0.3, -0.25) is 9.59 Å². The van der Waals surface area contributed by atoms with Gasteiger partial charge >= 0.3 is 5.97 Å². The zero-order chi connectivity index (χ0) is 13.5. The predicted molar refractivity (Wildman–Crippen MR) is 63.9 cm³/mol. The second-order valence-electron chi connectivity index (χ2n) is 4.75. The van der Waals surface area contributed by atoms with Crippen molar-refractivity contribution in [1.29, 1.82) is 0 Å². The normalized spacial score (nSPS) is 27.1. The Balaban J connectivity index is 2.33. The fourth-order valence-corrected chi connectivity index (χ4v) is 2.40. The summed E-state index contributed by atoms with van der Waals surface area (Å²) in [4.78, 5) is 22.9. The van der Waals surface area contributed by atoms with Crippen LogP contribution in [0, 0.1) is 17.8 Å². The number of carboxylic acids is 1. The number of carboxylic acid groups (broad SMARTS) is 1. The van der Waals surface area contributed by atoms with Crippen LogP contribution in [0.1, 0.15) is 19.8 Å². The van der Waals surface area contributed by atoms with Crippen LogP contribution < -0.4 is 5.32 Å². The van der Waals surface area contributed by atoms with E-state index in [0.29, 0.717) is 26.0 Å². The number of aliphatic hydroxyl groups is 1. The number of hydrogen-bond donors (Lipinski definition) is 3. The highest BCUT2D eigenvalue weighted by Crippen LogP contribution is 2.36. The molecule has 1 fully saturated rings. The van der Waals surface area contributed by atoms with Gasteiger partial charge in [-0.1, -0.05) is 6.92 Å². The van der Waals surface area contributed by atoms with Gasteiger partial charge in [-0.05, 0) is 18.8 Å². The predicted octanol–water partition coefficient (Wildman–Crippen LogP) is -0.142. The first kappa shape index (κ1) is 14.9. The third kappa shape index (κ3) is 4.27. The number of carbonyl (C=O) groups excluding carboxylic acids is 1. The van der Waals surface area contributed by atoms with Crippen molar-refractivity contribution in [1.82, 2.24) is 5.32 Å². The van der Waals surface area contributed by atoms with Crippen molar-refractivity contribution < 1.29 is 24.5 Å². The molecule has 18 heavy (non-hydrogen) atoms. The van der Waals surface area contributed by atoms with E-state index in [-0.39, 0.29) is 25.0 Å². The van der Waals surface area contributed by atoms with E-state index < -0.39 is 17.8 Å². The highest BCUT2D eigenvalue weighted by atomic mass is 16.5. The minimum Gasteiger partial charge on any atom is -0.481 e. The molecule has 0 spiro atoms. The second kappa shape index (κ2) is 7.33. The summed E-state index contributed by atoms with van der Waals surface area (Å²) in [6.45, 7) is 2.83. The molecule has 3 atom stereocenters. The van der Waals surface area contributed by atoms with Crippen molar-refractivity contribution in [3.63, 3.8) is 0 Å². The zero-order valence-electron chi connectivity index (χ0n) is 10.6. The summed E-state index contributed by atoms with van der Waals surface area (Å²) in [5.41, 5.74) is 0. The van der Waals surface area contributed by atoms with Crippen LogP contribution in [0.25, 0.3) is 0 Å². The van der Waals surface area contributed by atoms with Gasteiger partial charge < -0.3 is 20.3 Å². The molecule has 0 aliphatic heterocycles. The summed E-state index contributed by atoms with van der Waals surface area (Å²) in [5, 5.41) is 20.2. The van der Waals surface area contributed by atoms with Gasteiger partial charge in [-0.2, -0.15) is 0 Å². The molecule has 1 rings (SSSR count). The maximum atomic E-state index is 11.9. The molecule has 104 valence electrons. The fraction of sp³-hybridized carbons (Fsp3) is 0.833. The number of nitrogens with one attached hydrogen (secondary N) is 1. The average Bonchev–Trinajstić information content (AvgIpc) is 2.71. The summed E-state index contributed by atoms with van der Waals surface area (Å²) in [6, 6.07) is 0. The van der Waals surface area contributed by atoms with Crippen LogP contribution in [0.15, 0.2) is 0 Å². The monoisotopic (exact) mass is 259 g/mol. The molecule has 1 saturated carbocycles. The van der Waals surface area contributed by atoms with E-state index in [2.05, 4.69) is 5.32 Å². The lowest BCUT2D eigenvalue weighted by molar-refractivity contribution is -0.146. The topological polar surface area (TPSA) is 95.9 Å². The number of aliphatic hydroxyl groups excluding tert-OH is 1. The number of aliphatic carboxylic acids is 1. The summed E-state index contributed by atoms with van der Waals surface area (Å²) in [6.07, 6.45) is 1.19. The summed E-state index contributed by atoms with van der Waals surface area (Å²) in [5.74, 6) is -1.84. The van der Waals surface area contributed by atoms with E-state index in [9.17, 15) is 9.59 Å². The maximum Gasteiger partial charge on any atom is 0.307 e. The lowest BCUT2D eigenvalue weighted by Gasteiger charge is -2.15. The minimum absolute atomic E-state index is 0.0465. The van der Waals surface area contributed by atoms with Gasteiger partial charge in [0.05, 0.1) is 31.7 Å². The van der Waals surface area contributed by atoms with E-state index >= 15 is 0 Å². The van der Waals surface area contributed by atoms with Gasteiger partial charge in [0, 0.05) is 6.54 Å². The Morgan fingerprint density at radius 1 is 1.28 bits per heavy atom. The van der Waals surface area contributed by atoms with Crippen molar-refractivity contribution in [2.75, 3.05) is 26.4 Å². The standard InChI is InChI=1S/C12H21NO5/c1-8-6-9(10(7-8)12(16)17)11(15)13-2-4-18-5-3-14/h8-10,14H,2-7H2,1H3,(H,13,15)(H,16,17)/t8?,9-,10+/m0/s1. The number of carbonyl (C=O) groups is 2. The van der Waals surface area contributed by atoms with Gasteiger partial charge in [0.25, 0.3) is 0 Å². The zero-order valence-corrected chi connectivity index (χ0v) is 10.6. The molecule has 1 amide bonds. The number of rotatable bonds is 7. The smallest absolute Gasteiger partial charge is 0.307 e. The van der Waals surface area contributed by atoms with Crippen molar-refractivity contribution in [3.05, 3.63) is 0 Å². The molecule has 6 heteroatoms. The first-order valence-electron chi connectivity index (χ1n) is 6.25. The molecule has 0 aromatic heterocycles. The van der Waals surface area contributed by atoms with Crippen LogP contribution in [0.3, 0.4) is 0 Å². The first-order valence-corrected chi connectivity index (χ1v) is 6.25. The van der Waals surface area contributed by atoms with Crippen molar-refractivity contribution in [2.45, 2.75) is 19.8 Å². The van der Waals surface area contributed by atoms with E-state index in [1.165, 1.54) is 0 Å². The third-order valence-electron chi connectivity index (χ3n) is 3.23. The van der Waals surface area contributed by atoms with Crippen LogP contribution in [0.2, 0.25) is 0 Å². The fourth-order valence-electron chi connectivity index (χ4n) is 2.40. The summed E-state index contributed by atoms with van der Waals surface area (Å²) < 4.78 is 5.01. The lowest BCUT2D eigenvalue weighted by atomic mass is 9.95. The number of amides is 1. The van der Waals surface area contributed by atoms with Crippen molar-refractivity contribution in [2.24, 2.45) is 17.8 Å². The van der Waals surface area contributed by atoms with Crippen molar-refractivity contribution in [3.8, 4) is 0 Å². The Morgan fingerprint density at radius 2 is 1.94 bits per heavy atom. The van der Waals surface area contributed by atoms with Crippen LogP contribution in [-0.2, 0) is 14.3 Å². The van der Waals surface area contributed by atoms with E-state index in [1.54, 1.807) is 0 Å². The van der Waals surface area contributed by atoms with Crippen LogP contribution >= 0.6 is 0 Å². The van der Waals surface area contributed by atoms with Gasteiger partial charge in [-0.15, -0.1) is 0 Å². The van der Waals surface area contributed by atoms with Gasteiger partial charge in [-0.25, -0.2) is 0 Å². The van der Waals surface area contributed by atoms with Gasteiger partial charge in [0.15, 0.2) is 0 Å². The molecule has 0 aromatic carbocycles. The number of hydrogen-bond acceptors (Lipinski definition) is 4. The molecule has 0 saturated heterocycles. The molecule has 1 aliphatic rings. The molecule has 0 aromatic rings. The largest absolute Gasteiger partial charge is 0.481 e. The summed E-state index contributed by atoms with van der Waals surface area (Å²) >= 11 is 0. The quantitative estimate of drug-likeness (QED) is 0.553. The Bertz CT molecular complexity index is 294. The molecular weight excluding hydrogens is 238 g/mol. The first-order chi connectivity index (χ1) is 8.56. The Labute approximate surface area is 106 Å². The molecule has 0 bridgehead atoms. The Hall–Kier alpha value is -1.14. The van der Waals surface area contributed by atoms with E-state index in [0.717, 1.165) is 0 Å². The lowest BCUT2D eigenvalue weighted by Crippen LogP contribution is -2.37. The van der Waals surface area contributed by atoms with Crippen LogP contribution in [-0.4, -0.2) is 48.5 Å².